The highest BCUT2D eigenvalue weighted by Crippen LogP contribution is 2.20. The molecular weight excluding hydrogens is 194 g/mol. The molecule has 0 atom stereocenters. The number of carboxylic acid groups (broad SMARTS) is 1. The van der Waals surface area contributed by atoms with Crippen LogP contribution in [0.25, 0.3) is 10.9 Å². The van der Waals surface area contributed by atoms with Gasteiger partial charge in [0.05, 0.1) is 0 Å². The van der Waals surface area contributed by atoms with Gasteiger partial charge < -0.3 is 5.11 Å². The molecule has 0 bridgehead atoms. The van der Waals surface area contributed by atoms with Gasteiger partial charge in [0.15, 0.2) is 10.8 Å². The predicted octanol–water partition coefficient (Wildman–Crippen LogP) is 1.31. The van der Waals surface area contributed by atoms with Crippen LogP contribution in [0.2, 0.25) is 5.15 Å². The molecule has 0 fully saturated rings. The molecule has 0 aliphatic carbocycles. The average molecular weight is 198 g/mol. The van der Waals surface area contributed by atoms with E-state index in [-0.39, 0.29) is 10.8 Å². The predicted molar refractivity (Wildman–Crippen MR) is 45.9 cm³/mol. The summed E-state index contributed by atoms with van der Waals surface area (Å²) in [5, 5.41) is 15.5. The summed E-state index contributed by atoms with van der Waals surface area (Å²) in [5.41, 5.74) is 0.404. The molecule has 13 heavy (non-hydrogen) atoms. The van der Waals surface area contributed by atoms with Crippen molar-refractivity contribution in [3.8, 4) is 0 Å². The summed E-state index contributed by atoms with van der Waals surface area (Å²) in [6, 6.07) is 1.55. The number of aromatic nitrogens is 3. The van der Waals surface area contributed by atoms with Gasteiger partial charge in [0, 0.05) is 11.6 Å². The molecule has 2 aromatic rings. The standard InChI is InChI=1S/C7H4ClN3O2/c8-6-4-3(1-2-9-6)5(7(12)13)11-10-4/h1-2H,(H,10,11)(H,12,13). The summed E-state index contributed by atoms with van der Waals surface area (Å²) in [4.78, 5) is 14.4. The van der Waals surface area contributed by atoms with E-state index < -0.39 is 5.97 Å². The molecule has 0 saturated heterocycles. The number of pyridine rings is 1. The Balaban J connectivity index is 2.83. The first-order chi connectivity index (χ1) is 6.20. The summed E-state index contributed by atoms with van der Waals surface area (Å²) < 4.78 is 0. The number of fused-ring (bicyclic) bond motifs is 1. The Labute approximate surface area is 77.4 Å². The van der Waals surface area contributed by atoms with Crippen LogP contribution in [-0.4, -0.2) is 26.3 Å². The summed E-state index contributed by atoms with van der Waals surface area (Å²) in [6.07, 6.45) is 1.44. The zero-order valence-electron chi connectivity index (χ0n) is 6.28. The smallest absolute Gasteiger partial charge is 0.354 e. The van der Waals surface area contributed by atoms with Crippen molar-refractivity contribution >= 4 is 28.5 Å². The third-order valence-corrected chi connectivity index (χ3v) is 1.92. The Morgan fingerprint density at radius 3 is 3.08 bits per heavy atom. The van der Waals surface area contributed by atoms with Crippen molar-refractivity contribution in [3.05, 3.63) is 23.1 Å². The molecule has 0 aromatic carbocycles. The first-order valence-electron chi connectivity index (χ1n) is 3.42. The third-order valence-electron chi connectivity index (χ3n) is 1.64. The molecule has 2 aromatic heterocycles. The van der Waals surface area contributed by atoms with Crippen molar-refractivity contribution in [2.75, 3.05) is 0 Å². The van der Waals surface area contributed by atoms with Gasteiger partial charge in [-0.05, 0) is 6.07 Å². The monoisotopic (exact) mass is 197 g/mol. The van der Waals surface area contributed by atoms with E-state index >= 15 is 0 Å². The van der Waals surface area contributed by atoms with E-state index in [4.69, 9.17) is 16.7 Å². The molecule has 0 aliphatic rings. The molecule has 2 N–H and O–H groups in total. The number of nitrogens with zero attached hydrogens (tertiary/aromatic N) is 2. The van der Waals surface area contributed by atoms with Crippen LogP contribution in [0, 0.1) is 0 Å². The van der Waals surface area contributed by atoms with Gasteiger partial charge in [-0.25, -0.2) is 9.78 Å². The number of nitrogens with one attached hydrogen (secondary N) is 1. The van der Waals surface area contributed by atoms with Crippen molar-refractivity contribution in [1.29, 1.82) is 0 Å². The topological polar surface area (TPSA) is 78.9 Å². The summed E-state index contributed by atoms with van der Waals surface area (Å²) in [6.45, 7) is 0. The van der Waals surface area contributed by atoms with E-state index in [9.17, 15) is 4.79 Å². The number of hydrogen-bond donors (Lipinski definition) is 2. The Morgan fingerprint density at radius 1 is 1.62 bits per heavy atom. The summed E-state index contributed by atoms with van der Waals surface area (Å²) in [7, 11) is 0. The fourth-order valence-electron chi connectivity index (χ4n) is 1.07. The minimum atomic E-state index is -1.07. The van der Waals surface area contributed by atoms with Crippen LogP contribution >= 0.6 is 11.6 Å². The van der Waals surface area contributed by atoms with Gasteiger partial charge in [-0.1, -0.05) is 11.6 Å². The highest BCUT2D eigenvalue weighted by Gasteiger charge is 2.13. The van der Waals surface area contributed by atoms with E-state index in [1.165, 1.54) is 6.20 Å². The highest BCUT2D eigenvalue weighted by molar-refractivity contribution is 6.34. The zero-order valence-corrected chi connectivity index (χ0v) is 7.04. The highest BCUT2D eigenvalue weighted by atomic mass is 35.5. The summed E-state index contributed by atoms with van der Waals surface area (Å²) >= 11 is 5.69. The Morgan fingerprint density at radius 2 is 2.38 bits per heavy atom. The Kier molecular flexibility index (Phi) is 1.66. The molecular formula is C7H4ClN3O2. The Bertz CT molecular complexity index is 480. The van der Waals surface area contributed by atoms with Crippen molar-refractivity contribution in [3.63, 3.8) is 0 Å². The van der Waals surface area contributed by atoms with Gasteiger partial charge in [-0.15, -0.1) is 0 Å². The van der Waals surface area contributed by atoms with Gasteiger partial charge in [0.1, 0.15) is 5.52 Å². The van der Waals surface area contributed by atoms with Crippen LogP contribution in [0.1, 0.15) is 10.5 Å². The van der Waals surface area contributed by atoms with E-state index in [0.29, 0.717) is 10.9 Å². The van der Waals surface area contributed by atoms with Crippen LogP contribution in [0.5, 0.6) is 0 Å². The largest absolute Gasteiger partial charge is 0.477 e. The van der Waals surface area contributed by atoms with Crippen LogP contribution < -0.4 is 0 Å². The number of hydrogen-bond acceptors (Lipinski definition) is 3. The number of aromatic amines is 1. The maximum atomic E-state index is 10.7. The molecule has 0 unspecified atom stereocenters. The second-order valence-electron chi connectivity index (χ2n) is 2.40. The van der Waals surface area contributed by atoms with Gasteiger partial charge in [0.25, 0.3) is 0 Å². The first-order valence-corrected chi connectivity index (χ1v) is 3.80. The molecule has 0 amide bonds. The number of aromatic carboxylic acids is 1. The number of carbonyl (C=O) groups is 1. The fourth-order valence-corrected chi connectivity index (χ4v) is 1.27. The van der Waals surface area contributed by atoms with Crippen LogP contribution in [0.4, 0.5) is 0 Å². The average Bonchev–Trinajstić information content (AvgIpc) is 2.48. The van der Waals surface area contributed by atoms with Crippen molar-refractivity contribution in [2.45, 2.75) is 0 Å². The van der Waals surface area contributed by atoms with E-state index in [0.717, 1.165) is 0 Å². The lowest BCUT2D eigenvalue weighted by Crippen LogP contribution is -1.96. The van der Waals surface area contributed by atoms with Crippen molar-refractivity contribution in [1.82, 2.24) is 15.2 Å². The van der Waals surface area contributed by atoms with Gasteiger partial charge in [0.2, 0.25) is 0 Å². The lowest BCUT2D eigenvalue weighted by atomic mass is 10.2. The molecule has 0 saturated carbocycles. The normalized spacial score (nSPS) is 10.5. The quantitative estimate of drug-likeness (QED) is 0.676. The van der Waals surface area contributed by atoms with Crippen molar-refractivity contribution in [2.24, 2.45) is 0 Å². The maximum Gasteiger partial charge on any atom is 0.354 e. The molecule has 0 spiro atoms. The summed E-state index contributed by atoms with van der Waals surface area (Å²) in [5.74, 6) is -1.07. The first kappa shape index (κ1) is 8.00. The third kappa shape index (κ3) is 1.13. The number of rotatable bonds is 1. The minimum absolute atomic E-state index is 0.0271. The second kappa shape index (κ2) is 2.70. The van der Waals surface area contributed by atoms with Crippen LogP contribution in [0.15, 0.2) is 12.3 Å². The SMILES string of the molecule is O=C(O)c1[nH]nc2c(Cl)nccc12. The zero-order chi connectivity index (χ0) is 9.42. The minimum Gasteiger partial charge on any atom is -0.477 e. The van der Waals surface area contributed by atoms with E-state index in [1.54, 1.807) is 6.07 Å². The van der Waals surface area contributed by atoms with Gasteiger partial charge in [-0.2, -0.15) is 5.10 Å². The van der Waals surface area contributed by atoms with Crippen LogP contribution in [-0.2, 0) is 0 Å². The second-order valence-corrected chi connectivity index (χ2v) is 2.76. The van der Waals surface area contributed by atoms with Crippen LogP contribution in [0.3, 0.4) is 0 Å². The van der Waals surface area contributed by atoms with Gasteiger partial charge >= 0.3 is 5.97 Å². The van der Waals surface area contributed by atoms with E-state index in [2.05, 4.69) is 15.2 Å². The molecule has 6 heteroatoms. The van der Waals surface area contributed by atoms with Crippen molar-refractivity contribution < 1.29 is 9.90 Å². The lowest BCUT2D eigenvalue weighted by Gasteiger charge is -1.90. The number of H-pyrrole nitrogens is 1. The number of carboxylic acids is 1. The van der Waals surface area contributed by atoms with E-state index in [1.807, 2.05) is 0 Å². The molecule has 0 radical (unpaired) electrons. The Hall–Kier alpha value is -1.62. The number of halogens is 1. The maximum absolute atomic E-state index is 10.7. The molecule has 2 heterocycles. The fraction of sp³-hybridized carbons (Fsp3) is 0. The molecule has 66 valence electrons. The van der Waals surface area contributed by atoms with Gasteiger partial charge in [-0.3, -0.25) is 5.10 Å². The molecule has 0 aliphatic heterocycles. The lowest BCUT2D eigenvalue weighted by molar-refractivity contribution is 0.0692. The molecule has 2 rings (SSSR count). The molecule has 5 nitrogen and oxygen atoms in total.